The van der Waals surface area contributed by atoms with E-state index in [1.165, 1.54) is 6.07 Å². The van der Waals surface area contributed by atoms with Gasteiger partial charge >= 0.3 is 0 Å². The molecular formula is C14H18FN3O2. The smallest absolute Gasteiger partial charge is 0.246 e. The van der Waals surface area contributed by atoms with Gasteiger partial charge in [-0.15, -0.1) is 0 Å². The Kier molecular flexibility index (Phi) is 4.34. The molecule has 108 valence electrons. The van der Waals surface area contributed by atoms with Crippen LogP contribution < -0.4 is 15.5 Å². The molecule has 0 aromatic heterocycles. The second-order valence-corrected chi connectivity index (χ2v) is 4.78. The van der Waals surface area contributed by atoms with Crippen molar-refractivity contribution in [1.82, 2.24) is 10.6 Å². The first-order valence-corrected chi connectivity index (χ1v) is 6.62. The van der Waals surface area contributed by atoms with E-state index in [-0.39, 0.29) is 36.8 Å². The van der Waals surface area contributed by atoms with Crippen LogP contribution in [0.3, 0.4) is 0 Å². The molecule has 1 aliphatic heterocycles. The predicted molar refractivity (Wildman–Crippen MR) is 73.9 cm³/mol. The SMILES string of the molecule is CCNC(C)c1c(F)cccc1N1CC(=O)NC(=O)C1. The summed E-state index contributed by atoms with van der Waals surface area (Å²) in [4.78, 5) is 24.5. The van der Waals surface area contributed by atoms with E-state index >= 15 is 0 Å². The number of imide groups is 1. The average molecular weight is 279 g/mol. The van der Waals surface area contributed by atoms with E-state index in [0.717, 1.165) is 0 Å². The van der Waals surface area contributed by atoms with E-state index in [0.29, 0.717) is 17.8 Å². The largest absolute Gasteiger partial charge is 0.353 e. The number of piperazine rings is 1. The Balaban J connectivity index is 2.38. The van der Waals surface area contributed by atoms with Crippen LogP contribution in [0.25, 0.3) is 0 Å². The third-order valence-corrected chi connectivity index (χ3v) is 3.26. The second kappa shape index (κ2) is 6.00. The Morgan fingerprint density at radius 2 is 2.00 bits per heavy atom. The van der Waals surface area contributed by atoms with Gasteiger partial charge in [0, 0.05) is 17.3 Å². The van der Waals surface area contributed by atoms with Gasteiger partial charge in [0.1, 0.15) is 5.82 Å². The normalized spacial score (nSPS) is 17.1. The van der Waals surface area contributed by atoms with Crippen molar-refractivity contribution in [2.75, 3.05) is 24.5 Å². The fourth-order valence-electron chi connectivity index (χ4n) is 2.45. The van der Waals surface area contributed by atoms with Crippen molar-refractivity contribution in [3.63, 3.8) is 0 Å². The molecule has 2 N–H and O–H groups in total. The van der Waals surface area contributed by atoms with E-state index in [4.69, 9.17) is 0 Å². The zero-order valence-electron chi connectivity index (χ0n) is 11.6. The number of amides is 2. The highest BCUT2D eigenvalue weighted by Crippen LogP contribution is 2.29. The fourth-order valence-corrected chi connectivity index (χ4v) is 2.45. The van der Waals surface area contributed by atoms with Gasteiger partial charge < -0.3 is 10.2 Å². The quantitative estimate of drug-likeness (QED) is 0.806. The minimum absolute atomic E-state index is 0.0566. The van der Waals surface area contributed by atoms with Crippen LogP contribution in [0, 0.1) is 5.82 Å². The second-order valence-electron chi connectivity index (χ2n) is 4.78. The number of carbonyl (C=O) groups is 2. The van der Waals surface area contributed by atoms with E-state index in [2.05, 4.69) is 10.6 Å². The van der Waals surface area contributed by atoms with Gasteiger partial charge in [0.15, 0.2) is 0 Å². The molecule has 0 saturated carbocycles. The molecule has 1 heterocycles. The first-order chi connectivity index (χ1) is 9.52. The van der Waals surface area contributed by atoms with Gasteiger partial charge in [-0.1, -0.05) is 13.0 Å². The summed E-state index contributed by atoms with van der Waals surface area (Å²) < 4.78 is 14.1. The van der Waals surface area contributed by atoms with Crippen LogP contribution in [-0.4, -0.2) is 31.4 Å². The number of halogens is 1. The number of nitrogens with one attached hydrogen (secondary N) is 2. The van der Waals surface area contributed by atoms with Crippen molar-refractivity contribution in [3.8, 4) is 0 Å². The molecule has 1 saturated heterocycles. The van der Waals surface area contributed by atoms with Crippen molar-refractivity contribution in [2.45, 2.75) is 19.9 Å². The van der Waals surface area contributed by atoms with Gasteiger partial charge in [-0.25, -0.2) is 4.39 Å². The molecule has 0 spiro atoms. The molecule has 1 unspecified atom stereocenters. The third kappa shape index (κ3) is 2.96. The van der Waals surface area contributed by atoms with E-state index in [1.54, 1.807) is 17.0 Å². The van der Waals surface area contributed by atoms with Crippen molar-refractivity contribution in [3.05, 3.63) is 29.6 Å². The molecule has 1 aromatic carbocycles. The summed E-state index contributed by atoms with van der Waals surface area (Å²) in [6, 6.07) is 4.51. The Hall–Kier alpha value is -1.95. The molecule has 1 aromatic rings. The zero-order valence-corrected chi connectivity index (χ0v) is 11.6. The molecule has 1 aliphatic rings. The van der Waals surface area contributed by atoms with E-state index in [9.17, 15) is 14.0 Å². The summed E-state index contributed by atoms with van der Waals surface area (Å²) in [6.45, 7) is 4.61. The lowest BCUT2D eigenvalue weighted by Gasteiger charge is -2.31. The molecule has 1 fully saturated rings. The van der Waals surface area contributed by atoms with Crippen molar-refractivity contribution < 1.29 is 14.0 Å². The number of hydrogen-bond acceptors (Lipinski definition) is 4. The first-order valence-electron chi connectivity index (χ1n) is 6.62. The number of hydrogen-bond donors (Lipinski definition) is 2. The molecule has 0 bridgehead atoms. The van der Waals surface area contributed by atoms with Gasteiger partial charge in [-0.3, -0.25) is 14.9 Å². The van der Waals surface area contributed by atoms with Gasteiger partial charge in [0.2, 0.25) is 11.8 Å². The molecule has 6 heteroatoms. The van der Waals surface area contributed by atoms with Crippen LogP contribution in [0.1, 0.15) is 25.5 Å². The van der Waals surface area contributed by atoms with Gasteiger partial charge in [0.25, 0.3) is 0 Å². The standard InChI is InChI=1S/C14H18FN3O2/c1-3-16-9(2)14-10(15)5-4-6-11(14)18-7-12(19)17-13(20)8-18/h4-6,9,16H,3,7-8H2,1-2H3,(H,17,19,20). The van der Waals surface area contributed by atoms with Crippen LogP contribution in [0.15, 0.2) is 18.2 Å². The van der Waals surface area contributed by atoms with Crippen LogP contribution >= 0.6 is 0 Å². The first kappa shape index (κ1) is 14.5. The summed E-state index contributed by atoms with van der Waals surface area (Å²) in [5, 5.41) is 5.39. The lowest BCUT2D eigenvalue weighted by atomic mass is 10.0. The summed E-state index contributed by atoms with van der Waals surface area (Å²) in [7, 11) is 0. The molecule has 2 rings (SSSR count). The van der Waals surface area contributed by atoms with Crippen molar-refractivity contribution in [1.29, 1.82) is 0 Å². The number of benzene rings is 1. The van der Waals surface area contributed by atoms with Crippen LogP contribution in [0.4, 0.5) is 10.1 Å². The average Bonchev–Trinajstić information content (AvgIpc) is 2.37. The van der Waals surface area contributed by atoms with E-state index < -0.39 is 0 Å². The molecule has 1 atom stereocenters. The minimum atomic E-state index is -0.368. The topological polar surface area (TPSA) is 61.4 Å². The Morgan fingerprint density at radius 3 is 2.60 bits per heavy atom. The number of rotatable bonds is 4. The molecule has 20 heavy (non-hydrogen) atoms. The zero-order chi connectivity index (χ0) is 14.7. The van der Waals surface area contributed by atoms with Crippen LogP contribution in [0.2, 0.25) is 0 Å². The fraction of sp³-hybridized carbons (Fsp3) is 0.429. The van der Waals surface area contributed by atoms with Gasteiger partial charge in [0.05, 0.1) is 13.1 Å². The maximum absolute atomic E-state index is 14.1. The lowest BCUT2D eigenvalue weighted by Crippen LogP contribution is -2.52. The Bertz CT molecular complexity index is 517. The predicted octanol–water partition coefficient (Wildman–Crippen LogP) is 0.959. The van der Waals surface area contributed by atoms with E-state index in [1.807, 2.05) is 13.8 Å². The number of carbonyl (C=O) groups excluding carboxylic acids is 2. The van der Waals surface area contributed by atoms with Crippen LogP contribution in [-0.2, 0) is 9.59 Å². The molecule has 0 aliphatic carbocycles. The molecule has 5 nitrogen and oxygen atoms in total. The summed E-state index contributed by atoms with van der Waals surface area (Å²) in [5.41, 5.74) is 1.07. The Labute approximate surface area is 117 Å². The highest BCUT2D eigenvalue weighted by molar-refractivity contribution is 6.02. The van der Waals surface area contributed by atoms with Gasteiger partial charge in [-0.2, -0.15) is 0 Å². The monoisotopic (exact) mass is 279 g/mol. The van der Waals surface area contributed by atoms with Crippen molar-refractivity contribution >= 4 is 17.5 Å². The summed E-state index contributed by atoms with van der Waals surface area (Å²) in [5.74, 6) is -1.07. The maximum Gasteiger partial charge on any atom is 0.246 e. The third-order valence-electron chi connectivity index (χ3n) is 3.26. The maximum atomic E-state index is 14.1. The van der Waals surface area contributed by atoms with Crippen LogP contribution in [0.5, 0.6) is 0 Å². The Morgan fingerprint density at radius 1 is 1.35 bits per heavy atom. The highest BCUT2D eigenvalue weighted by atomic mass is 19.1. The summed E-state index contributed by atoms with van der Waals surface area (Å²) in [6.07, 6.45) is 0. The summed E-state index contributed by atoms with van der Waals surface area (Å²) >= 11 is 0. The lowest BCUT2D eigenvalue weighted by molar-refractivity contribution is -0.130. The number of nitrogens with zero attached hydrogens (tertiary/aromatic N) is 1. The minimum Gasteiger partial charge on any atom is -0.353 e. The molecule has 0 radical (unpaired) electrons. The highest BCUT2D eigenvalue weighted by Gasteiger charge is 2.26. The molecule has 2 amide bonds. The molecular weight excluding hydrogens is 261 g/mol. The number of anilines is 1. The van der Waals surface area contributed by atoms with Crippen molar-refractivity contribution in [2.24, 2.45) is 0 Å². The van der Waals surface area contributed by atoms with Gasteiger partial charge in [-0.05, 0) is 25.6 Å².